The molecule has 3 aromatic rings. The SMILES string of the molecule is Cc1cnn(Cc2cc(C(=O)N3CC(C(=O)NCc4ccccn4)C4(CCC4)C3)no2)c1. The maximum atomic E-state index is 13.1. The molecule has 0 radical (unpaired) electrons. The average Bonchev–Trinajstić information content (AvgIpc) is 3.50. The standard InChI is InChI=1S/C23H26N6O3/c1-16-10-26-29(12-16)13-18-9-20(27-32-18)22(31)28-14-19(23(15-28)6-4-7-23)21(30)25-11-17-5-2-3-8-24-17/h2-3,5,8-10,12,19H,4,6-7,11,13-15H2,1H3,(H,25,30). The molecule has 1 spiro atoms. The fraction of sp³-hybridized carbons (Fsp3) is 0.435. The molecular weight excluding hydrogens is 408 g/mol. The van der Waals surface area contributed by atoms with E-state index >= 15 is 0 Å². The number of hydrogen-bond acceptors (Lipinski definition) is 6. The highest BCUT2D eigenvalue weighted by Crippen LogP contribution is 2.52. The fourth-order valence-electron chi connectivity index (χ4n) is 4.79. The van der Waals surface area contributed by atoms with Crippen molar-refractivity contribution >= 4 is 11.8 Å². The van der Waals surface area contributed by atoms with Crippen LogP contribution < -0.4 is 5.32 Å². The van der Waals surface area contributed by atoms with E-state index in [9.17, 15) is 9.59 Å². The molecule has 3 aromatic heterocycles. The quantitative estimate of drug-likeness (QED) is 0.637. The third-order valence-electron chi connectivity index (χ3n) is 6.63. The Morgan fingerprint density at radius 2 is 2.19 bits per heavy atom. The molecule has 5 rings (SSSR count). The third kappa shape index (κ3) is 3.90. The predicted molar refractivity (Wildman–Crippen MR) is 114 cm³/mol. The Hall–Kier alpha value is -3.49. The van der Waals surface area contributed by atoms with Crippen LogP contribution in [0.3, 0.4) is 0 Å². The summed E-state index contributed by atoms with van der Waals surface area (Å²) in [7, 11) is 0. The van der Waals surface area contributed by atoms with Gasteiger partial charge < -0.3 is 14.7 Å². The van der Waals surface area contributed by atoms with Crippen molar-refractivity contribution in [3.8, 4) is 0 Å². The summed E-state index contributed by atoms with van der Waals surface area (Å²) in [6, 6.07) is 7.30. The molecule has 1 saturated carbocycles. The number of carbonyl (C=O) groups excluding carboxylic acids is 2. The minimum absolute atomic E-state index is 0.0134. The smallest absolute Gasteiger partial charge is 0.276 e. The van der Waals surface area contributed by atoms with E-state index < -0.39 is 0 Å². The fourth-order valence-corrected chi connectivity index (χ4v) is 4.79. The first-order valence-electron chi connectivity index (χ1n) is 10.9. The number of pyridine rings is 1. The van der Waals surface area contributed by atoms with Gasteiger partial charge in [-0.25, -0.2) is 0 Å². The van der Waals surface area contributed by atoms with Crippen LogP contribution in [0.25, 0.3) is 0 Å². The lowest BCUT2D eigenvalue weighted by Gasteiger charge is -2.41. The Morgan fingerprint density at radius 3 is 2.88 bits per heavy atom. The lowest BCUT2D eigenvalue weighted by atomic mass is 9.62. The molecule has 2 amide bonds. The molecule has 1 aliphatic heterocycles. The van der Waals surface area contributed by atoms with Crippen LogP contribution in [0.1, 0.15) is 46.8 Å². The van der Waals surface area contributed by atoms with Crippen LogP contribution >= 0.6 is 0 Å². The van der Waals surface area contributed by atoms with Crippen molar-refractivity contribution in [2.75, 3.05) is 13.1 Å². The molecule has 2 fully saturated rings. The number of aromatic nitrogens is 4. The van der Waals surface area contributed by atoms with Gasteiger partial charge in [0.25, 0.3) is 5.91 Å². The molecule has 2 aliphatic rings. The van der Waals surface area contributed by atoms with E-state index in [1.807, 2.05) is 31.3 Å². The molecule has 166 valence electrons. The van der Waals surface area contributed by atoms with E-state index in [0.29, 0.717) is 31.9 Å². The van der Waals surface area contributed by atoms with Crippen LogP contribution in [0.2, 0.25) is 0 Å². The largest absolute Gasteiger partial charge is 0.359 e. The Morgan fingerprint density at radius 1 is 1.31 bits per heavy atom. The number of rotatable bonds is 6. The Balaban J connectivity index is 1.25. The minimum atomic E-state index is -0.220. The van der Waals surface area contributed by atoms with Crippen LogP contribution in [0.4, 0.5) is 0 Å². The number of aryl methyl sites for hydroxylation is 1. The van der Waals surface area contributed by atoms with E-state index in [0.717, 1.165) is 30.5 Å². The number of hydrogen-bond donors (Lipinski definition) is 1. The Kier molecular flexibility index (Phi) is 5.24. The second-order valence-electron chi connectivity index (χ2n) is 8.89. The summed E-state index contributed by atoms with van der Waals surface area (Å²) >= 11 is 0. The third-order valence-corrected chi connectivity index (χ3v) is 6.63. The first-order valence-corrected chi connectivity index (χ1v) is 10.9. The predicted octanol–water partition coefficient (Wildman–Crippen LogP) is 2.18. The topological polar surface area (TPSA) is 106 Å². The summed E-state index contributed by atoms with van der Waals surface area (Å²) in [5, 5.41) is 11.2. The molecule has 4 heterocycles. The van der Waals surface area contributed by atoms with Gasteiger partial charge in [-0.05, 0) is 37.5 Å². The Bertz CT molecular complexity index is 1120. The van der Waals surface area contributed by atoms with Gasteiger partial charge >= 0.3 is 0 Å². The van der Waals surface area contributed by atoms with Crippen molar-refractivity contribution in [2.45, 2.75) is 39.3 Å². The molecule has 9 nitrogen and oxygen atoms in total. The highest BCUT2D eigenvalue weighted by Gasteiger charge is 2.54. The molecule has 1 saturated heterocycles. The van der Waals surface area contributed by atoms with E-state index in [1.54, 1.807) is 28.0 Å². The summed E-state index contributed by atoms with van der Waals surface area (Å²) < 4.78 is 7.11. The molecular formula is C23H26N6O3. The monoisotopic (exact) mass is 434 g/mol. The lowest BCUT2D eigenvalue weighted by Crippen LogP contribution is -2.45. The van der Waals surface area contributed by atoms with Crippen LogP contribution in [0, 0.1) is 18.3 Å². The summed E-state index contributed by atoms with van der Waals surface area (Å²) in [4.78, 5) is 32.2. The number of carbonyl (C=O) groups is 2. The van der Waals surface area contributed by atoms with Crippen LogP contribution in [-0.4, -0.2) is 49.7 Å². The van der Waals surface area contributed by atoms with Crippen LogP contribution in [0.15, 0.2) is 47.4 Å². The normalized spacial score (nSPS) is 19.2. The second kappa shape index (κ2) is 8.22. The second-order valence-corrected chi connectivity index (χ2v) is 8.89. The van der Waals surface area contributed by atoms with Gasteiger partial charge in [0.05, 0.1) is 24.4 Å². The van der Waals surface area contributed by atoms with E-state index in [4.69, 9.17) is 4.52 Å². The number of nitrogens with zero attached hydrogens (tertiary/aromatic N) is 5. The summed E-state index contributed by atoms with van der Waals surface area (Å²) in [5.74, 6) is 0.143. The van der Waals surface area contributed by atoms with Crippen molar-refractivity contribution < 1.29 is 14.1 Å². The summed E-state index contributed by atoms with van der Waals surface area (Å²) in [6.45, 7) is 3.74. The van der Waals surface area contributed by atoms with E-state index in [1.165, 1.54) is 0 Å². The average molecular weight is 435 g/mol. The van der Waals surface area contributed by atoms with Gasteiger partial charge in [0.2, 0.25) is 5.91 Å². The zero-order valence-electron chi connectivity index (χ0n) is 18.0. The van der Waals surface area contributed by atoms with Gasteiger partial charge in [-0.2, -0.15) is 5.10 Å². The molecule has 1 N–H and O–H groups in total. The Labute approximate surface area is 185 Å². The maximum absolute atomic E-state index is 13.1. The van der Waals surface area contributed by atoms with Crippen LogP contribution in [0.5, 0.6) is 0 Å². The van der Waals surface area contributed by atoms with E-state index in [-0.39, 0.29) is 28.8 Å². The van der Waals surface area contributed by atoms with Crippen molar-refractivity contribution in [3.63, 3.8) is 0 Å². The first kappa shape index (κ1) is 20.4. The molecule has 1 atom stereocenters. The lowest BCUT2D eigenvalue weighted by molar-refractivity contribution is -0.129. The zero-order chi connectivity index (χ0) is 22.1. The molecule has 0 bridgehead atoms. The first-order chi connectivity index (χ1) is 15.5. The van der Waals surface area contributed by atoms with Crippen molar-refractivity contribution in [1.29, 1.82) is 0 Å². The summed E-state index contributed by atoms with van der Waals surface area (Å²) in [5.41, 5.74) is 2.00. The maximum Gasteiger partial charge on any atom is 0.276 e. The number of amides is 2. The van der Waals surface area contributed by atoms with Crippen molar-refractivity contribution in [3.05, 3.63) is 65.6 Å². The number of likely N-dealkylation sites (tertiary alicyclic amines) is 1. The zero-order valence-corrected chi connectivity index (χ0v) is 18.0. The summed E-state index contributed by atoms with van der Waals surface area (Å²) in [6.07, 6.45) is 8.39. The van der Waals surface area contributed by atoms with Gasteiger partial charge in [-0.1, -0.05) is 17.6 Å². The van der Waals surface area contributed by atoms with Gasteiger partial charge in [0, 0.05) is 37.0 Å². The van der Waals surface area contributed by atoms with Crippen LogP contribution in [-0.2, 0) is 17.9 Å². The molecule has 32 heavy (non-hydrogen) atoms. The van der Waals surface area contributed by atoms with Gasteiger partial charge in [0.15, 0.2) is 11.5 Å². The van der Waals surface area contributed by atoms with Gasteiger partial charge in [0.1, 0.15) is 6.54 Å². The minimum Gasteiger partial charge on any atom is -0.359 e. The van der Waals surface area contributed by atoms with Crippen molar-refractivity contribution in [2.24, 2.45) is 11.3 Å². The highest BCUT2D eigenvalue weighted by atomic mass is 16.5. The van der Waals surface area contributed by atoms with Gasteiger partial charge in [-0.15, -0.1) is 0 Å². The van der Waals surface area contributed by atoms with E-state index in [2.05, 4.69) is 20.6 Å². The number of nitrogens with one attached hydrogen (secondary N) is 1. The molecule has 1 unspecified atom stereocenters. The molecule has 1 aliphatic carbocycles. The van der Waals surface area contributed by atoms with Gasteiger partial charge in [-0.3, -0.25) is 19.3 Å². The van der Waals surface area contributed by atoms with Crippen molar-refractivity contribution in [1.82, 2.24) is 30.1 Å². The molecule has 9 heteroatoms. The molecule has 0 aromatic carbocycles. The highest BCUT2D eigenvalue weighted by molar-refractivity contribution is 5.93.